The minimum Gasteiger partial charge on any atom is -0.480 e. The minimum atomic E-state index is -4.41. The number of amides is 1. The van der Waals surface area contributed by atoms with Gasteiger partial charge < -0.3 is 15.8 Å². The molecule has 1 fully saturated rings. The van der Waals surface area contributed by atoms with Crippen LogP contribution in [0.4, 0.5) is 8.78 Å². The van der Waals surface area contributed by atoms with Gasteiger partial charge in [0.15, 0.2) is 0 Å². The standard InChI is InChI=1S/C29H35F2N3O6S/c1-19(32)6-3-2-4-7-24(35)14-20-9-11-21(12-10-20)15-26(29(37)38)33-28(36)27-8-5-13-34(27)41(39,40)25-17-22(30)16-23(31)18-25/h9-12,16-18,26-27,32H,2-8,13-15H2,1H3,(H,33,36)(H,37,38)/t26-,27-/m0/s1. The summed E-state index contributed by atoms with van der Waals surface area (Å²) in [6.45, 7) is 1.71. The summed E-state index contributed by atoms with van der Waals surface area (Å²) in [6, 6.07) is 6.13. The van der Waals surface area contributed by atoms with Crippen molar-refractivity contribution in [1.29, 1.82) is 5.41 Å². The number of unbranched alkanes of at least 4 members (excludes halogenated alkanes) is 2. The van der Waals surface area contributed by atoms with Crippen LogP contribution < -0.4 is 5.32 Å². The van der Waals surface area contributed by atoms with Crippen LogP contribution in [0.1, 0.15) is 63.0 Å². The lowest BCUT2D eigenvalue weighted by molar-refractivity contribution is -0.142. The second-order valence-corrected chi connectivity index (χ2v) is 12.2. The number of rotatable bonds is 15. The van der Waals surface area contributed by atoms with E-state index < -0.39 is 50.5 Å². The number of carboxylic acids is 1. The van der Waals surface area contributed by atoms with E-state index in [1.54, 1.807) is 31.2 Å². The average Bonchev–Trinajstić information content (AvgIpc) is 3.39. The largest absolute Gasteiger partial charge is 0.480 e. The van der Waals surface area contributed by atoms with Crippen LogP contribution in [0.15, 0.2) is 47.4 Å². The summed E-state index contributed by atoms with van der Waals surface area (Å²) in [7, 11) is -4.41. The zero-order valence-electron chi connectivity index (χ0n) is 22.9. The molecule has 0 spiro atoms. The molecule has 2 aromatic carbocycles. The van der Waals surface area contributed by atoms with Gasteiger partial charge in [0.25, 0.3) is 0 Å². The highest BCUT2D eigenvalue weighted by Crippen LogP contribution is 2.27. The van der Waals surface area contributed by atoms with Crippen molar-refractivity contribution in [1.82, 2.24) is 9.62 Å². The van der Waals surface area contributed by atoms with Gasteiger partial charge >= 0.3 is 5.97 Å². The molecular formula is C29H35F2N3O6S. The Morgan fingerprint density at radius 2 is 1.63 bits per heavy atom. The fraction of sp³-hybridized carbons (Fsp3) is 0.448. The van der Waals surface area contributed by atoms with Gasteiger partial charge in [-0.15, -0.1) is 0 Å². The number of carbonyl (C=O) groups excluding carboxylic acids is 2. The minimum absolute atomic E-state index is 0.0556. The number of Topliss-reactive ketones (excluding diaryl/α,β-unsaturated/α-hetero) is 1. The number of benzene rings is 2. The van der Waals surface area contributed by atoms with Gasteiger partial charge in [-0.1, -0.05) is 30.7 Å². The number of hydrogen-bond donors (Lipinski definition) is 3. The Bertz CT molecular complexity index is 1360. The van der Waals surface area contributed by atoms with Gasteiger partial charge in [-0.25, -0.2) is 22.0 Å². The van der Waals surface area contributed by atoms with Crippen LogP contribution >= 0.6 is 0 Å². The lowest BCUT2D eigenvalue weighted by Crippen LogP contribution is -2.51. The molecule has 1 aliphatic rings. The Balaban J connectivity index is 1.59. The number of nitrogens with zero attached hydrogens (tertiary/aromatic N) is 1. The van der Waals surface area contributed by atoms with Gasteiger partial charge in [-0.3, -0.25) is 9.59 Å². The maximum absolute atomic E-state index is 13.7. The van der Waals surface area contributed by atoms with E-state index >= 15 is 0 Å². The summed E-state index contributed by atoms with van der Waals surface area (Å²) < 4.78 is 54.3. The molecule has 0 saturated carbocycles. The Kier molecular flexibility index (Phi) is 11.2. The number of carboxylic acid groups (broad SMARTS) is 1. The van der Waals surface area contributed by atoms with E-state index in [9.17, 15) is 36.7 Å². The van der Waals surface area contributed by atoms with E-state index in [0.717, 1.165) is 35.6 Å². The van der Waals surface area contributed by atoms with E-state index in [0.29, 0.717) is 42.3 Å². The van der Waals surface area contributed by atoms with Crippen molar-refractivity contribution in [3.8, 4) is 0 Å². The Morgan fingerprint density at radius 1 is 1.02 bits per heavy atom. The molecule has 1 heterocycles. The summed E-state index contributed by atoms with van der Waals surface area (Å²) in [6.07, 6.45) is 4.35. The molecule has 222 valence electrons. The van der Waals surface area contributed by atoms with E-state index in [-0.39, 0.29) is 31.6 Å². The van der Waals surface area contributed by atoms with Gasteiger partial charge in [-0.05, 0) is 62.3 Å². The first kappa shape index (κ1) is 32.0. The summed E-state index contributed by atoms with van der Waals surface area (Å²) in [5, 5.41) is 19.6. The number of sulfonamides is 1. The van der Waals surface area contributed by atoms with Crippen molar-refractivity contribution in [3.05, 3.63) is 65.2 Å². The van der Waals surface area contributed by atoms with Crippen molar-refractivity contribution in [2.45, 2.75) is 81.7 Å². The summed E-state index contributed by atoms with van der Waals surface area (Å²) in [5.41, 5.74) is 2.01. The highest BCUT2D eigenvalue weighted by Gasteiger charge is 2.40. The maximum Gasteiger partial charge on any atom is 0.326 e. The molecule has 0 unspecified atom stereocenters. The Morgan fingerprint density at radius 3 is 2.24 bits per heavy atom. The van der Waals surface area contributed by atoms with Crippen molar-refractivity contribution >= 4 is 33.4 Å². The summed E-state index contributed by atoms with van der Waals surface area (Å²) in [5.74, 6) is -4.17. The molecule has 1 saturated heterocycles. The SMILES string of the molecule is CC(=N)CCCCCC(=O)Cc1ccc(C[C@H](NC(=O)[C@@H]2CCCN2S(=O)(=O)c2cc(F)cc(F)c2)C(=O)O)cc1. The van der Waals surface area contributed by atoms with Crippen molar-refractivity contribution in [3.63, 3.8) is 0 Å². The zero-order chi connectivity index (χ0) is 30.2. The first-order valence-electron chi connectivity index (χ1n) is 13.5. The number of nitrogens with one attached hydrogen (secondary N) is 2. The van der Waals surface area contributed by atoms with E-state index in [1.165, 1.54) is 0 Å². The molecule has 1 amide bonds. The second-order valence-electron chi connectivity index (χ2n) is 10.4. The van der Waals surface area contributed by atoms with Gasteiger partial charge in [0.2, 0.25) is 15.9 Å². The van der Waals surface area contributed by atoms with Crippen molar-refractivity contribution < 1.29 is 36.7 Å². The predicted octanol–water partition coefficient (Wildman–Crippen LogP) is 4.03. The molecule has 3 N–H and O–H groups in total. The zero-order valence-corrected chi connectivity index (χ0v) is 23.7. The molecule has 0 aliphatic carbocycles. The monoisotopic (exact) mass is 591 g/mol. The third-order valence-electron chi connectivity index (χ3n) is 6.94. The third-order valence-corrected chi connectivity index (χ3v) is 8.82. The molecule has 41 heavy (non-hydrogen) atoms. The third kappa shape index (κ3) is 9.25. The maximum atomic E-state index is 13.7. The van der Waals surface area contributed by atoms with E-state index in [4.69, 9.17) is 5.41 Å². The molecule has 0 aromatic heterocycles. The van der Waals surface area contributed by atoms with Gasteiger partial charge in [-0.2, -0.15) is 4.31 Å². The van der Waals surface area contributed by atoms with Crippen molar-refractivity contribution in [2.75, 3.05) is 6.54 Å². The van der Waals surface area contributed by atoms with E-state index in [2.05, 4.69) is 5.32 Å². The van der Waals surface area contributed by atoms with Gasteiger partial charge in [0, 0.05) is 37.6 Å². The molecule has 2 atom stereocenters. The number of ketones is 1. The highest BCUT2D eigenvalue weighted by molar-refractivity contribution is 7.89. The quantitative estimate of drug-likeness (QED) is 0.211. The van der Waals surface area contributed by atoms with Crippen LogP contribution in [0, 0.1) is 17.0 Å². The van der Waals surface area contributed by atoms with E-state index in [1.807, 2.05) is 0 Å². The average molecular weight is 592 g/mol. The first-order chi connectivity index (χ1) is 19.4. The lowest BCUT2D eigenvalue weighted by atomic mass is 10.00. The topological polar surface area (TPSA) is 145 Å². The molecular weight excluding hydrogens is 556 g/mol. The predicted molar refractivity (Wildman–Crippen MR) is 148 cm³/mol. The second kappa shape index (κ2) is 14.4. The molecule has 9 nitrogen and oxygen atoms in total. The molecule has 3 rings (SSSR count). The normalized spacial score (nSPS) is 16.3. The summed E-state index contributed by atoms with van der Waals surface area (Å²) in [4.78, 5) is 36.6. The number of aliphatic carboxylic acids is 1. The molecule has 0 bridgehead atoms. The van der Waals surface area contributed by atoms with Crippen LogP contribution in [0.2, 0.25) is 0 Å². The van der Waals surface area contributed by atoms with Gasteiger partial charge in [0.05, 0.1) is 4.90 Å². The van der Waals surface area contributed by atoms with Crippen LogP contribution in [-0.4, -0.2) is 59.8 Å². The molecule has 2 aromatic rings. The number of hydrogen-bond acceptors (Lipinski definition) is 6. The smallest absolute Gasteiger partial charge is 0.326 e. The van der Waals surface area contributed by atoms with Gasteiger partial charge in [0.1, 0.15) is 29.5 Å². The Hall–Kier alpha value is -3.51. The van der Waals surface area contributed by atoms with Crippen LogP contribution in [-0.2, 0) is 37.2 Å². The Labute approximate surface area is 238 Å². The van der Waals surface area contributed by atoms with Crippen LogP contribution in [0.25, 0.3) is 0 Å². The molecule has 0 radical (unpaired) electrons. The highest BCUT2D eigenvalue weighted by atomic mass is 32.2. The number of carbonyl (C=O) groups is 3. The first-order valence-corrected chi connectivity index (χ1v) is 15.0. The molecule has 12 heteroatoms. The van der Waals surface area contributed by atoms with Crippen LogP contribution in [0.3, 0.4) is 0 Å². The van der Waals surface area contributed by atoms with Crippen LogP contribution in [0.5, 0.6) is 0 Å². The summed E-state index contributed by atoms with van der Waals surface area (Å²) >= 11 is 0. The number of halogens is 2. The molecule has 1 aliphatic heterocycles. The lowest BCUT2D eigenvalue weighted by Gasteiger charge is -2.25. The fourth-order valence-electron chi connectivity index (χ4n) is 4.80. The fourth-order valence-corrected chi connectivity index (χ4v) is 6.50. The van der Waals surface area contributed by atoms with Crippen molar-refractivity contribution in [2.24, 2.45) is 0 Å².